The molecular weight excluding hydrogens is 653 g/mol. The first-order valence-corrected chi connectivity index (χ1v) is 18.4. The molecule has 0 saturated carbocycles. The Morgan fingerprint density at radius 1 is 0.296 bits per heavy atom. The molecule has 1 N–H and O–H groups in total. The van der Waals surface area contributed by atoms with Gasteiger partial charge in [0.15, 0.2) is 0 Å². The molecule has 10 rings (SSSR count). The number of aromatic nitrogens is 1. The third-order valence-corrected chi connectivity index (χ3v) is 10.1. The van der Waals surface area contributed by atoms with Crippen molar-refractivity contribution in [2.45, 2.75) is 0 Å². The number of anilines is 2. The molecule has 0 amide bonds. The summed E-state index contributed by atoms with van der Waals surface area (Å²) in [6.07, 6.45) is 0. The number of benzene rings is 9. The van der Waals surface area contributed by atoms with Crippen molar-refractivity contribution in [1.29, 1.82) is 0 Å². The van der Waals surface area contributed by atoms with Crippen molar-refractivity contribution < 1.29 is 0 Å². The third kappa shape index (κ3) is 6.65. The highest BCUT2D eigenvalue weighted by Gasteiger charge is 2.12. The van der Waals surface area contributed by atoms with Crippen LogP contribution in [0.25, 0.3) is 71.6 Å². The van der Waals surface area contributed by atoms with Crippen molar-refractivity contribution in [2.75, 3.05) is 5.32 Å². The largest absolute Gasteiger partial charge is 0.355 e. The van der Waals surface area contributed by atoms with Crippen LogP contribution < -0.4 is 5.32 Å². The zero-order valence-corrected chi connectivity index (χ0v) is 29.8. The summed E-state index contributed by atoms with van der Waals surface area (Å²) in [5.74, 6) is 0. The predicted octanol–water partition coefficient (Wildman–Crippen LogP) is 14.4. The van der Waals surface area contributed by atoms with E-state index in [-0.39, 0.29) is 0 Å². The standard InChI is InChI=1S/C30H21N.C22H17N/c1-2-9-22(10-3-1)23-17-19-24(20-18-23)25-11-8-12-26(21-25)31-29-15-6-4-13-27(29)28-14-5-7-16-30(28)31;1-2-7-17(8-3-1)18-13-15-20(16-14-18)23-22-12-6-10-19-9-4-5-11-21(19)22/h1-21H;1-16,23H. The van der Waals surface area contributed by atoms with E-state index in [2.05, 4.69) is 228 Å². The van der Waals surface area contributed by atoms with Crippen molar-refractivity contribution >= 4 is 44.0 Å². The first-order chi connectivity index (χ1) is 26.8. The van der Waals surface area contributed by atoms with Gasteiger partial charge in [0, 0.05) is 33.2 Å². The predicted molar refractivity (Wildman–Crippen MR) is 231 cm³/mol. The summed E-state index contributed by atoms with van der Waals surface area (Å²) >= 11 is 0. The van der Waals surface area contributed by atoms with Gasteiger partial charge in [-0.1, -0.05) is 182 Å². The Balaban J connectivity index is 0.000000149. The Kier molecular flexibility index (Phi) is 8.99. The number of hydrogen-bond acceptors (Lipinski definition) is 1. The van der Waals surface area contributed by atoms with Gasteiger partial charge in [0.05, 0.1) is 11.0 Å². The van der Waals surface area contributed by atoms with Gasteiger partial charge in [-0.15, -0.1) is 0 Å². The van der Waals surface area contributed by atoms with E-state index in [0.29, 0.717) is 0 Å². The third-order valence-electron chi connectivity index (χ3n) is 10.1. The number of hydrogen-bond donors (Lipinski definition) is 1. The molecule has 0 aliphatic carbocycles. The summed E-state index contributed by atoms with van der Waals surface area (Å²) in [6.45, 7) is 0. The Bertz CT molecular complexity index is 2760. The van der Waals surface area contributed by atoms with Crippen LogP contribution in [0, 0.1) is 0 Å². The van der Waals surface area contributed by atoms with Gasteiger partial charge in [0.1, 0.15) is 0 Å². The van der Waals surface area contributed by atoms with Crippen LogP contribution in [0.15, 0.2) is 224 Å². The van der Waals surface area contributed by atoms with Gasteiger partial charge in [-0.2, -0.15) is 0 Å². The van der Waals surface area contributed by atoms with Crippen LogP contribution in [-0.4, -0.2) is 4.57 Å². The lowest BCUT2D eigenvalue weighted by Crippen LogP contribution is -1.94. The quantitative estimate of drug-likeness (QED) is 0.184. The monoisotopic (exact) mass is 690 g/mol. The minimum atomic E-state index is 1.10. The van der Waals surface area contributed by atoms with Gasteiger partial charge in [-0.25, -0.2) is 0 Å². The van der Waals surface area contributed by atoms with Crippen LogP contribution >= 0.6 is 0 Å². The molecule has 1 heterocycles. The fraction of sp³-hybridized carbons (Fsp3) is 0. The molecule has 0 atom stereocenters. The maximum Gasteiger partial charge on any atom is 0.0541 e. The van der Waals surface area contributed by atoms with Crippen LogP contribution in [0.4, 0.5) is 11.4 Å². The molecule has 0 unspecified atom stereocenters. The van der Waals surface area contributed by atoms with E-state index in [1.807, 2.05) is 6.07 Å². The lowest BCUT2D eigenvalue weighted by Gasteiger charge is -2.11. The molecule has 0 bridgehead atoms. The number of para-hydroxylation sites is 2. The van der Waals surface area contributed by atoms with Gasteiger partial charge in [0.2, 0.25) is 0 Å². The Morgan fingerprint density at radius 2 is 0.722 bits per heavy atom. The molecule has 0 saturated heterocycles. The van der Waals surface area contributed by atoms with Crippen molar-refractivity contribution in [2.24, 2.45) is 0 Å². The van der Waals surface area contributed by atoms with Crippen LogP contribution in [0.2, 0.25) is 0 Å². The van der Waals surface area contributed by atoms with E-state index in [0.717, 1.165) is 11.4 Å². The Morgan fingerprint density at radius 3 is 1.33 bits per heavy atom. The lowest BCUT2D eigenvalue weighted by atomic mass is 10.00. The molecule has 256 valence electrons. The molecule has 0 aliphatic heterocycles. The summed E-state index contributed by atoms with van der Waals surface area (Å²) in [5.41, 5.74) is 13.3. The molecule has 54 heavy (non-hydrogen) atoms. The minimum Gasteiger partial charge on any atom is -0.355 e. The highest BCUT2D eigenvalue weighted by atomic mass is 15.0. The molecule has 2 heteroatoms. The molecule has 0 radical (unpaired) electrons. The van der Waals surface area contributed by atoms with E-state index < -0.39 is 0 Å². The molecule has 0 spiro atoms. The van der Waals surface area contributed by atoms with Crippen LogP contribution in [0.5, 0.6) is 0 Å². The Labute approximate surface area is 316 Å². The zero-order chi connectivity index (χ0) is 36.1. The summed E-state index contributed by atoms with van der Waals surface area (Å²) in [4.78, 5) is 0. The summed E-state index contributed by atoms with van der Waals surface area (Å²) in [7, 11) is 0. The van der Waals surface area contributed by atoms with E-state index in [1.165, 1.54) is 71.6 Å². The summed E-state index contributed by atoms with van der Waals surface area (Å²) < 4.78 is 2.37. The highest BCUT2D eigenvalue weighted by molar-refractivity contribution is 6.09. The molecule has 0 fully saturated rings. The van der Waals surface area contributed by atoms with Gasteiger partial charge in [0.25, 0.3) is 0 Å². The topological polar surface area (TPSA) is 17.0 Å². The average Bonchev–Trinajstić information content (AvgIpc) is 3.60. The molecule has 0 aliphatic rings. The first-order valence-electron chi connectivity index (χ1n) is 18.4. The van der Waals surface area contributed by atoms with Crippen LogP contribution in [0.3, 0.4) is 0 Å². The first kappa shape index (κ1) is 32.7. The molecule has 10 aromatic rings. The van der Waals surface area contributed by atoms with Gasteiger partial charge in [-0.05, 0) is 81.2 Å². The molecule has 9 aromatic carbocycles. The van der Waals surface area contributed by atoms with E-state index >= 15 is 0 Å². The minimum absolute atomic E-state index is 1.10. The molecule has 1 aromatic heterocycles. The second-order valence-electron chi connectivity index (χ2n) is 13.5. The number of nitrogens with zero attached hydrogens (tertiary/aromatic N) is 1. The van der Waals surface area contributed by atoms with Crippen LogP contribution in [-0.2, 0) is 0 Å². The van der Waals surface area contributed by atoms with Gasteiger partial charge < -0.3 is 9.88 Å². The fourth-order valence-electron chi connectivity index (χ4n) is 7.38. The maximum absolute atomic E-state index is 3.53. The summed E-state index contributed by atoms with van der Waals surface area (Å²) in [6, 6.07) is 79.3. The SMILES string of the molecule is c1ccc(-c2ccc(-c3cccc(-n4c5ccccc5c5ccccc54)c3)cc2)cc1.c1ccc(-c2ccc(Nc3cccc4ccccc34)cc2)cc1. The van der Waals surface area contributed by atoms with E-state index in [1.54, 1.807) is 0 Å². The zero-order valence-electron chi connectivity index (χ0n) is 29.8. The van der Waals surface area contributed by atoms with Crippen molar-refractivity contribution in [3.05, 3.63) is 224 Å². The normalized spacial score (nSPS) is 11.0. The van der Waals surface area contributed by atoms with Crippen molar-refractivity contribution in [1.82, 2.24) is 4.57 Å². The number of fused-ring (bicyclic) bond motifs is 4. The number of nitrogens with one attached hydrogen (secondary N) is 1. The molecule has 2 nitrogen and oxygen atoms in total. The maximum atomic E-state index is 3.53. The van der Waals surface area contributed by atoms with Crippen molar-refractivity contribution in [3.8, 4) is 39.1 Å². The Hall–Kier alpha value is -7.16. The van der Waals surface area contributed by atoms with E-state index in [9.17, 15) is 0 Å². The average molecular weight is 691 g/mol. The molecular formula is C52H38N2. The van der Waals surface area contributed by atoms with Gasteiger partial charge >= 0.3 is 0 Å². The lowest BCUT2D eigenvalue weighted by molar-refractivity contribution is 1.18. The van der Waals surface area contributed by atoms with Gasteiger partial charge in [-0.3, -0.25) is 0 Å². The second-order valence-corrected chi connectivity index (χ2v) is 13.5. The fourth-order valence-corrected chi connectivity index (χ4v) is 7.38. The van der Waals surface area contributed by atoms with Crippen molar-refractivity contribution in [3.63, 3.8) is 0 Å². The van der Waals surface area contributed by atoms with E-state index in [4.69, 9.17) is 0 Å². The number of rotatable bonds is 6. The van der Waals surface area contributed by atoms with Crippen LogP contribution in [0.1, 0.15) is 0 Å². The summed E-state index contributed by atoms with van der Waals surface area (Å²) in [5, 5.41) is 8.59. The second kappa shape index (κ2) is 14.8. The highest BCUT2D eigenvalue weighted by Crippen LogP contribution is 2.34. The smallest absolute Gasteiger partial charge is 0.0541 e.